The van der Waals surface area contributed by atoms with E-state index in [1.54, 1.807) is 6.07 Å². The van der Waals surface area contributed by atoms with Gasteiger partial charge in [0.15, 0.2) is 0 Å². The average Bonchev–Trinajstić information content (AvgIpc) is 2.27. The van der Waals surface area contributed by atoms with Gasteiger partial charge < -0.3 is 4.98 Å². The molecule has 1 aromatic heterocycles. The van der Waals surface area contributed by atoms with Crippen LogP contribution in [-0.2, 0) is 5.75 Å². The lowest BCUT2D eigenvalue weighted by Crippen LogP contribution is -2.07. The molecule has 0 amide bonds. The number of benzene rings is 1. The molecular formula is C11H9FN2OS. The zero-order valence-corrected chi connectivity index (χ0v) is 9.13. The van der Waals surface area contributed by atoms with Crippen LogP contribution in [0.4, 0.5) is 4.39 Å². The van der Waals surface area contributed by atoms with Crippen LogP contribution in [0.2, 0.25) is 0 Å². The third-order valence-electron chi connectivity index (χ3n) is 1.90. The van der Waals surface area contributed by atoms with Gasteiger partial charge in [0, 0.05) is 17.2 Å². The maximum atomic E-state index is 12.9. The van der Waals surface area contributed by atoms with Crippen molar-refractivity contribution < 1.29 is 4.39 Å². The topological polar surface area (TPSA) is 45.8 Å². The first-order valence-electron chi connectivity index (χ1n) is 4.66. The Morgan fingerprint density at radius 3 is 3.00 bits per heavy atom. The molecule has 1 heterocycles. The van der Waals surface area contributed by atoms with E-state index in [2.05, 4.69) is 9.97 Å². The molecule has 0 aliphatic heterocycles. The van der Waals surface area contributed by atoms with Gasteiger partial charge in [-0.25, -0.2) is 9.37 Å². The third-order valence-corrected chi connectivity index (χ3v) is 2.90. The zero-order valence-electron chi connectivity index (χ0n) is 8.31. The standard InChI is InChI=1S/C11H9FN2OS/c12-8-2-1-3-9(6-8)16-7-10-13-5-4-11(15)14-10/h1-6H,7H2,(H,13,14,15). The zero-order chi connectivity index (χ0) is 11.4. The molecule has 82 valence electrons. The number of hydrogen-bond donors (Lipinski definition) is 1. The van der Waals surface area contributed by atoms with Gasteiger partial charge in [-0.05, 0) is 18.2 Å². The van der Waals surface area contributed by atoms with E-state index in [1.165, 1.54) is 36.2 Å². The van der Waals surface area contributed by atoms with E-state index < -0.39 is 0 Å². The van der Waals surface area contributed by atoms with E-state index in [0.717, 1.165) is 4.90 Å². The summed E-state index contributed by atoms with van der Waals surface area (Å²) in [7, 11) is 0. The Morgan fingerprint density at radius 2 is 2.25 bits per heavy atom. The van der Waals surface area contributed by atoms with Crippen LogP contribution < -0.4 is 5.56 Å². The number of nitrogens with zero attached hydrogens (tertiary/aromatic N) is 1. The van der Waals surface area contributed by atoms with Crippen LogP contribution in [0.25, 0.3) is 0 Å². The van der Waals surface area contributed by atoms with Crippen LogP contribution in [0.5, 0.6) is 0 Å². The van der Waals surface area contributed by atoms with E-state index in [0.29, 0.717) is 11.6 Å². The van der Waals surface area contributed by atoms with Crippen molar-refractivity contribution >= 4 is 11.8 Å². The first-order valence-corrected chi connectivity index (χ1v) is 5.65. The molecule has 0 spiro atoms. The Kier molecular flexibility index (Phi) is 3.36. The monoisotopic (exact) mass is 236 g/mol. The molecule has 0 radical (unpaired) electrons. The SMILES string of the molecule is O=c1ccnc(CSc2cccc(F)c2)[nH]1. The number of thioether (sulfide) groups is 1. The molecule has 1 N–H and O–H groups in total. The first-order chi connectivity index (χ1) is 7.74. The van der Waals surface area contributed by atoms with Crippen molar-refractivity contribution in [3.8, 4) is 0 Å². The number of hydrogen-bond acceptors (Lipinski definition) is 3. The predicted octanol–water partition coefficient (Wildman–Crippen LogP) is 2.20. The molecule has 2 rings (SSSR count). The summed E-state index contributed by atoms with van der Waals surface area (Å²) in [6.07, 6.45) is 1.46. The van der Waals surface area contributed by atoms with Crippen LogP contribution in [0.3, 0.4) is 0 Å². The summed E-state index contributed by atoms with van der Waals surface area (Å²) >= 11 is 1.42. The Balaban J connectivity index is 2.05. The third kappa shape index (κ3) is 2.93. The van der Waals surface area contributed by atoms with Crippen LogP contribution >= 0.6 is 11.8 Å². The Labute approximate surface area is 95.7 Å². The van der Waals surface area contributed by atoms with Gasteiger partial charge in [0.2, 0.25) is 0 Å². The highest BCUT2D eigenvalue weighted by Crippen LogP contribution is 2.21. The molecular weight excluding hydrogens is 227 g/mol. The van der Waals surface area contributed by atoms with Gasteiger partial charge in [0.1, 0.15) is 11.6 Å². The lowest BCUT2D eigenvalue weighted by atomic mass is 10.4. The van der Waals surface area contributed by atoms with E-state index in [4.69, 9.17) is 0 Å². The minimum atomic E-state index is -0.264. The first kappa shape index (κ1) is 10.9. The van der Waals surface area contributed by atoms with E-state index in [9.17, 15) is 9.18 Å². The lowest BCUT2D eigenvalue weighted by molar-refractivity contribution is 0.624. The molecule has 0 bridgehead atoms. The highest BCUT2D eigenvalue weighted by Gasteiger charge is 1.99. The van der Waals surface area contributed by atoms with Gasteiger partial charge in [-0.15, -0.1) is 11.8 Å². The predicted molar refractivity (Wildman–Crippen MR) is 60.8 cm³/mol. The Bertz CT molecular complexity index is 541. The van der Waals surface area contributed by atoms with Gasteiger partial charge in [0.25, 0.3) is 5.56 Å². The Hall–Kier alpha value is -1.62. The lowest BCUT2D eigenvalue weighted by Gasteiger charge is -2.00. The fraction of sp³-hybridized carbons (Fsp3) is 0.0909. The van der Waals surface area contributed by atoms with Crippen molar-refractivity contribution in [2.24, 2.45) is 0 Å². The van der Waals surface area contributed by atoms with Gasteiger partial charge in [-0.1, -0.05) is 6.07 Å². The fourth-order valence-electron chi connectivity index (χ4n) is 1.19. The largest absolute Gasteiger partial charge is 0.310 e. The molecule has 3 nitrogen and oxygen atoms in total. The second kappa shape index (κ2) is 4.94. The normalized spacial score (nSPS) is 10.3. The molecule has 16 heavy (non-hydrogen) atoms. The molecule has 0 atom stereocenters. The molecule has 0 saturated carbocycles. The second-order valence-corrected chi connectivity index (χ2v) is 4.18. The van der Waals surface area contributed by atoms with E-state index in [1.807, 2.05) is 6.07 Å². The Morgan fingerprint density at radius 1 is 1.38 bits per heavy atom. The molecule has 1 aromatic carbocycles. The summed E-state index contributed by atoms with van der Waals surface area (Å²) < 4.78 is 12.9. The summed E-state index contributed by atoms with van der Waals surface area (Å²) in [4.78, 5) is 18.4. The minimum Gasteiger partial charge on any atom is -0.310 e. The van der Waals surface area contributed by atoms with E-state index in [-0.39, 0.29) is 11.4 Å². The van der Waals surface area contributed by atoms with Crippen molar-refractivity contribution in [2.45, 2.75) is 10.6 Å². The number of aromatic amines is 1. The number of halogens is 1. The molecule has 0 aliphatic carbocycles. The summed E-state index contributed by atoms with van der Waals surface area (Å²) in [5, 5.41) is 0. The van der Waals surface area contributed by atoms with Crippen molar-refractivity contribution in [1.29, 1.82) is 0 Å². The maximum Gasteiger partial charge on any atom is 0.250 e. The molecule has 0 unspecified atom stereocenters. The quantitative estimate of drug-likeness (QED) is 0.831. The maximum absolute atomic E-state index is 12.9. The van der Waals surface area contributed by atoms with Crippen molar-refractivity contribution in [2.75, 3.05) is 0 Å². The highest BCUT2D eigenvalue weighted by molar-refractivity contribution is 7.98. The average molecular weight is 236 g/mol. The van der Waals surface area contributed by atoms with Gasteiger partial charge in [0.05, 0.1) is 5.75 Å². The number of rotatable bonds is 3. The van der Waals surface area contributed by atoms with Gasteiger partial charge in [-0.2, -0.15) is 0 Å². The van der Waals surface area contributed by atoms with Crippen molar-refractivity contribution in [3.63, 3.8) is 0 Å². The fourth-order valence-corrected chi connectivity index (χ4v) is 2.01. The number of aromatic nitrogens is 2. The van der Waals surface area contributed by atoms with Gasteiger partial charge in [-0.3, -0.25) is 4.79 Å². The molecule has 5 heteroatoms. The smallest absolute Gasteiger partial charge is 0.250 e. The summed E-state index contributed by atoms with van der Waals surface area (Å²) in [5.74, 6) is 0.834. The van der Waals surface area contributed by atoms with Crippen molar-refractivity contribution in [1.82, 2.24) is 9.97 Å². The molecule has 0 aliphatic rings. The van der Waals surface area contributed by atoms with Crippen molar-refractivity contribution in [3.05, 3.63) is 58.5 Å². The summed E-state index contributed by atoms with van der Waals surface area (Å²) in [6.45, 7) is 0. The van der Waals surface area contributed by atoms with Crippen LogP contribution in [0, 0.1) is 5.82 Å². The highest BCUT2D eigenvalue weighted by atomic mass is 32.2. The molecule has 2 aromatic rings. The van der Waals surface area contributed by atoms with E-state index >= 15 is 0 Å². The number of H-pyrrole nitrogens is 1. The van der Waals surface area contributed by atoms with Crippen LogP contribution in [0.15, 0.2) is 46.2 Å². The van der Waals surface area contributed by atoms with Crippen LogP contribution in [-0.4, -0.2) is 9.97 Å². The van der Waals surface area contributed by atoms with Gasteiger partial charge >= 0.3 is 0 Å². The minimum absolute atomic E-state index is 0.176. The summed E-state index contributed by atoms with van der Waals surface area (Å²) in [5.41, 5.74) is -0.176. The van der Waals surface area contributed by atoms with Crippen LogP contribution in [0.1, 0.15) is 5.82 Å². The second-order valence-electron chi connectivity index (χ2n) is 3.13. The number of nitrogens with one attached hydrogen (secondary N) is 1. The summed E-state index contributed by atoms with van der Waals surface area (Å²) in [6, 6.07) is 7.67. The molecule has 0 saturated heterocycles. The molecule has 0 fully saturated rings.